The van der Waals surface area contributed by atoms with E-state index < -0.39 is 32.5 Å². The molecule has 2 N–H and O–H groups in total. The highest BCUT2D eigenvalue weighted by Gasteiger charge is 2.18. The van der Waals surface area contributed by atoms with Crippen LogP contribution in [0.4, 0.5) is 0 Å². The molecule has 1 unspecified atom stereocenters. The second-order valence-electron chi connectivity index (χ2n) is 15.2. The van der Waals surface area contributed by atoms with Gasteiger partial charge in [0.15, 0.2) is 6.10 Å². The van der Waals surface area contributed by atoms with Gasteiger partial charge in [0.05, 0.1) is 69.9 Å². The number of phosphoric ester groups is 1. The van der Waals surface area contributed by atoms with E-state index in [9.17, 15) is 23.9 Å². The molecule has 0 aliphatic carbocycles. The lowest BCUT2D eigenvalue weighted by atomic mass is 10.1. The van der Waals surface area contributed by atoms with Crippen molar-refractivity contribution in [3.8, 4) is 0 Å². The molecule has 0 amide bonds. The fourth-order valence-corrected chi connectivity index (χ4v) is 4.90. The minimum absolute atomic E-state index is 0.186. The van der Waals surface area contributed by atoms with Crippen molar-refractivity contribution >= 4 is 19.8 Å². The fourth-order valence-electron chi connectivity index (χ4n) is 4.55. The maximum Gasteiger partial charge on any atom is 0.306 e. The maximum absolute atomic E-state index is 12.1. The van der Waals surface area contributed by atoms with E-state index >= 15 is 0 Å². The second kappa shape index (κ2) is 34.9. The highest BCUT2D eigenvalue weighted by atomic mass is 31.2. The normalized spacial score (nSPS) is 12.3. The number of aliphatic hydroxyl groups excluding tert-OH is 2. The van der Waals surface area contributed by atoms with Crippen molar-refractivity contribution in [1.82, 2.24) is 0 Å². The van der Waals surface area contributed by atoms with Gasteiger partial charge in [-0.05, 0) is 12.8 Å². The summed E-state index contributed by atoms with van der Waals surface area (Å²) >= 11 is 0. The number of nitrogens with zero attached hydrogens (tertiary/aromatic N) is 2. The van der Waals surface area contributed by atoms with Crippen molar-refractivity contribution in [2.24, 2.45) is 0 Å². The minimum Gasteiger partial charge on any atom is -0.790 e. The third-order valence-corrected chi connectivity index (χ3v) is 8.12. The summed E-state index contributed by atoms with van der Waals surface area (Å²) in [5, 5.41) is 16.8. The molecule has 0 aromatic carbocycles. The van der Waals surface area contributed by atoms with Crippen molar-refractivity contribution in [3.05, 3.63) is 0 Å². The van der Waals surface area contributed by atoms with Crippen LogP contribution in [0.1, 0.15) is 142 Å². The molecule has 0 saturated heterocycles. The monoisotopic (exact) mass is 743 g/mol. The van der Waals surface area contributed by atoms with Gasteiger partial charge < -0.3 is 47.5 Å². The van der Waals surface area contributed by atoms with E-state index in [-0.39, 0.29) is 32.7 Å². The van der Waals surface area contributed by atoms with E-state index in [0.29, 0.717) is 12.8 Å². The summed E-state index contributed by atoms with van der Waals surface area (Å²) in [5.74, 6) is -0.960. The predicted molar refractivity (Wildman–Crippen MR) is 198 cm³/mol. The van der Waals surface area contributed by atoms with Crippen molar-refractivity contribution in [1.29, 1.82) is 0 Å². The van der Waals surface area contributed by atoms with Gasteiger partial charge in [0.2, 0.25) is 0 Å². The van der Waals surface area contributed by atoms with E-state index in [0.717, 1.165) is 60.6 Å². The van der Waals surface area contributed by atoms with Crippen LogP contribution in [0.25, 0.3) is 0 Å². The fraction of sp³-hybridized carbons (Fsp3) is 0.946. The van der Waals surface area contributed by atoms with Crippen molar-refractivity contribution < 1.29 is 57.1 Å². The first-order chi connectivity index (χ1) is 23.4. The van der Waals surface area contributed by atoms with E-state index in [2.05, 4.69) is 60.7 Å². The average molecular weight is 743 g/mol. The number of hydrogen-bond acceptors (Lipinski definition) is 10. The lowest BCUT2D eigenvalue weighted by Crippen LogP contribution is -2.36. The quantitative estimate of drug-likeness (QED) is 0.0416. The van der Waals surface area contributed by atoms with Crippen molar-refractivity contribution in [3.63, 3.8) is 0 Å². The standard InChI is InChI=1S/C27H53O8P.2C5H14NO/c1-3-5-7-9-11-13-15-17-19-21-26(28)33-23-25(24-34-36(30,31)32)35-27(29)22-20-18-16-14-12-10-8-6-4-2;2*1-6(2,3)4-5-7/h25H,3-24H2,1-2H3,(H2,30,31,32);2*7H,4-5H2,1-3H3/q;2*+1/p-2. The summed E-state index contributed by atoms with van der Waals surface area (Å²) in [5.41, 5.74) is 0. The van der Waals surface area contributed by atoms with Gasteiger partial charge in [-0.15, -0.1) is 0 Å². The molecule has 0 aliphatic rings. The number of phosphoric acid groups is 1. The van der Waals surface area contributed by atoms with Crippen LogP contribution in [0.15, 0.2) is 0 Å². The predicted octanol–water partition coefficient (Wildman–Crippen LogP) is 5.50. The number of esters is 2. The molecule has 0 aromatic rings. The van der Waals surface area contributed by atoms with Gasteiger partial charge in [-0.1, -0.05) is 117 Å². The maximum atomic E-state index is 12.1. The number of hydrogen-bond donors (Lipinski definition) is 2. The van der Waals surface area contributed by atoms with Crippen LogP contribution in [0.2, 0.25) is 0 Å². The zero-order chi connectivity index (χ0) is 38.7. The van der Waals surface area contributed by atoms with Gasteiger partial charge in [-0.2, -0.15) is 0 Å². The topological polar surface area (TPSA) is 165 Å². The molecule has 0 fully saturated rings. The van der Waals surface area contributed by atoms with E-state index in [1.165, 1.54) is 64.2 Å². The average Bonchev–Trinajstić information content (AvgIpc) is 3.00. The molecule has 12 nitrogen and oxygen atoms in total. The van der Waals surface area contributed by atoms with Gasteiger partial charge in [0.25, 0.3) is 0 Å². The van der Waals surface area contributed by atoms with Gasteiger partial charge >= 0.3 is 11.9 Å². The SMILES string of the molecule is CCCCCCCCCCCC(=O)OCC(COP(=O)([O-])[O-])OC(=O)CCCCCCCCCCC.C[N+](C)(C)CCO.C[N+](C)(C)CCO. The Morgan fingerprint density at radius 2 is 0.920 bits per heavy atom. The number of carbonyl (C=O) groups is 2. The highest BCUT2D eigenvalue weighted by Crippen LogP contribution is 2.25. The molecule has 1 atom stereocenters. The molecule has 302 valence electrons. The van der Waals surface area contributed by atoms with Gasteiger partial charge in [-0.25, -0.2) is 0 Å². The number of rotatable bonds is 30. The number of quaternary nitrogens is 2. The Hall–Kier alpha value is -1.11. The minimum atomic E-state index is -5.22. The first-order valence-electron chi connectivity index (χ1n) is 19.2. The first-order valence-corrected chi connectivity index (χ1v) is 20.7. The molecule has 13 heteroatoms. The molecule has 0 aliphatic heterocycles. The molecular formula is C37H79N2O10P. The van der Waals surface area contributed by atoms with Crippen LogP contribution in [0, 0.1) is 0 Å². The Morgan fingerprint density at radius 1 is 0.580 bits per heavy atom. The Bertz CT molecular complexity index is 797. The molecule has 0 aromatic heterocycles. The van der Waals surface area contributed by atoms with Gasteiger partial charge in [0.1, 0.15) is 19.7 Å². The van der Waals surface area contributed by atoms with Crippen LogP contribution in [0.5, 0.6) is 0 Å². The molecular weight excluding hydrogens is 663 g/mol. The zero-order valence-corrected chi connectivity index (χ0v) is 34.4. The number of likely N-dealkylation sites (N-methyl/N-ethyl adjacent to an activating group) is 2. The molecule has 0 rings (SSSR count). The summed E-state index contributed by atoms with van der Waals surface area (Å²) < 4.78 is 27.1. The Labute approximate surface area is 306 Å². The second-order valence-corrected chi connectivity index (χ2v) is 16.3. The first kappa shape index (κ1) is 53.2. The summed E-state index contributed by atoms with van der Waals surface area (Å²) in [7, 11) is 7.09. The highest BCUT2D eigenvalue weighted by molar-refractivity contribution is 7.43. The lowest BCUT2D eigenvalue weighted by Gasteiger charge is -2.30. The van der Waals surface area contributed by atoms with Crippen LogP contribution < -0.4 is 9.79 Å². The van der Waals surface area contributed by atoms with Crippen LogP contribution in [0.3, 0.4) is 0 Å². The third-order valence-electron chi connectivity index (χ3n) is 7.66. The molecule has 0 saturated carbocycles. The molecule has 50 heavy (non-hydrogen) atoms. The third kappa shape index (κ3) is 51.3. The van der Waals surface area contributed by atoms with Crippen molar-refractivity contribution in [2.75, 3.05) is 81.8 Å². The van der Waals surface area contributed by atoms with E-state index in [1.54, 1.807) is 0 Å². The number of ether oxygens (including phenoxy) is 2. The smallest absolute Gasteiger partial charge is 0.306 e. The Kier molecular flexibility index (Phi) is 37.2. The van der Waals surface area contributed by atoms with E-state index in [1.807, 2.05) is 0 Å². The summed E-state index contributed by atoms with van der Waals surface area (Å²) in [6.07, 6.45) is 19.5. The van der Waals surface area contributed by atoms with Crippen molar-refractivity contribution in [2.45, 2.75) is 148 Å². The lowest BCUT2D eigenvalue weighted by molar-refractivity contribution is -0.870. The summed E-state index contributed by atoms with van der Waals surface area (Å²) in [6, 6.07) is 0. The largest absolute Gasteiger partial charge is 0.790 e. The molecule has 0 heterocycles. The molecule has 0 spiro atoms. The number of unbranched alkanes of at least 4 members (excludes halogenated alkanes) is 16. The summed E-state index contributed by atoms with van der Waals surface area (Å²) in [4.78, 5) is 45.8. The Balaban J connectivity index is -0.00000131. The number of carbonyl (C=O) groups excluding carboxylic acids is 2. The number of aliphatic hydroxyl groups is 2. The van der Waals surface area contributed by atoms with Crippen LogP contribution >= 0.6 is 7.82 Å². The van der Waals surface area contributed by atoms with Crippen LogP contribution in [-0.2, 0) is 28.2 Å². The molecule has 0 bridgehead atoms. The van der Waals surface area contributed by atoms with E-state index in [4.69, 9.17) is 19.7 Å². The summed E-state index contributed by atoms with van der Waals surface area (Å²) in [6.45, 7) is 5.63. The van der Waals surface area contributed by atoms with Crippen LogP contribution in [-0.4, -0.2) is 119 Å². The zero-order valence-electron chi connectivity index (χ0n) is 33.5. The van der Waals surface area contributed by atoms with Gasteiger partial charge in [-0.3, -0.25) is 9.59 Å². The Morgan fingerprint density at radius 3 is 1.22 bits per heavy atom. The molecule has 0 radical (unpaired) electrons. The van der Waals surface area contributed by atoms with Gasteiger partial charge in [0, 0.05) is 12.8 Å².